The van der Waals surface area contributed by atoms with Crippen LogP contribution in [-0.4, -0.2) is 121 Å². The SMILES string of the molecule is [B]C1CN(C)CC(COP(=O)(N(C)C)N2CC([B])OC(COC3CCCCCC3)C2)O1. The zero-order valence-corrected chi connectivity index (χ0v) is 20.3. The lowest BCUT2D eigenvalue weighted by Crippen LogP contribution is -2.51. The smallest absolute Gasteiger partial charge is 0.345 e. The molecule has 0 aromatic heterocycles. The lowest BCUT2D eigenvalue weighted by Gasteiger charge is -2.43. The molecular weight excluding hydrogens is 415 g/mol. The molecule has 174 valence electrons. The molecule has 3 aliphatic rings. The van der Waals surface area contributed by atoms with Crippen molar-refractivity contribution in [3.05, 3.63) is 0 Å². The predicted octanol–water partition coefficient (Wildman–Crippen LogP) is 1.43. The molecule has 11 heteroatoms. The van der Waals surface area contributed by atoms with Crippen LogP contribution in [0, 0.1) is 0 Å². The van der Waals surface area contributed by atoms with Crippen LogP contribution in [0.15, 0.2) is 0 Å². The van der Waals surface area contributed by atoms with Gasteiger partial charge in [-0.1, -0.05) is 25.7 Å². The molecule has 2 aliphatic heterocycles. The summed E-state index contributed by atoms with van der Waals surface area (Å²) >= 11 is 0. The van der Waals surface area contributed by atoms with E-state index in [0.717, 1.165) is 12.8 Å². The van der Waals surface area contributed by atoms with Gasteiger partial charge in [0.05, 0.1) is 31.5 Å². The number of hydrogen-bond acceptors (Lipinski definition) is 6. The molecule has 5 atom stereocenters. The summed E-state index contributed by atoms with van der Waals surface area (Å²) in [6, 6.07) is -0.910. The highest BCUT2D eigenvalue weighted by molar-refractivity contribution is 7.53. The van der Waals surface area contributed by atoms with E-state index in [1.54, 1.807) is 18.8 Å². The van der Waals surface area contributed by atoms with Gasteiger partial charge in [-0.2, -0.15) is 0 Å². The van der Waals surface area contributed by atoms with Gasteiger partial charge in [-0.05, 0) is 34.0 Å². The van der Waals surface area contributed by atoms with Crippen molar-refractivity contribution >= 4 is 23.4 Å². The molecule has 31 heavy (non-hydrogen) atoms. The van der Waals surface area contributed by atoms with Crippen molar-refractivity contribution in [3.63, 3.8) is 0 Å². The molecule has 0 aromatic carbocycles. The summed E-state index contributed by atoms with van der Waals surface area (Å²) < 4.78 is 41.2. The highest BCUT2D eigenvalue weighted by Crippen LogP contribution is 2.53. The van der Waals surface area contributed by atoms with Crippen molar-refractivity contribution in [2.45, 2.75) is 68.8 Å². The normalized spacial score (nSPS) is 34.5. The molecule has 5 unspecified atom stereocenters. The Morgan fingerprint density at radius 2 is 1.55 bits per heavy atom. The lowest BCUT2D eigenvalue weighted by atomic mass is 9.98. The minimum atomic E-state index is -3.30. The molecule has 3 fully saturated rings. The summed E-state index contributed by atoms with van der Waals surface area (Å²) in [7, 11) is 14.3. The first-order chi connectivity index (χ1) is 14.8. The third-order valence-corrected chi connectivity index (χ3v) is 8.70. The third kappa shape index (κ3) is 7.54. The molecule has 1 aliphatic carbocycles. The van der Waals surface area contributed by atoms with Crippen molar-refractivity contribution in [2.75, 3.05) is 60.5 Å². The second-order valence-corrected chi connectivity index (χ2v) is 11.9. The quantitative estimate of drug-likeness (QED) is 0.311. The fourth-order valence-corrected chi connectivity index (χ4v) is 6.60. The van der Waals surface area contributed by atoms with E-state index in [9.17, 15) is 4.57 Å². The maximum absolute atomic E-state index is 13.9. The van der Waals surface area contributed by atoms with Crippen LogP contribution in [0.5, 0.6) is 0 Å². The average molecular weight is 453 g/mol. The van der Waals surface area contributed by atoms with E-state index in [1.165, 1.54) is 25.7 Å². The third-order valence-electron chi connectivity index (χ3n) is 6.16. The summed E-state index contributed by atoms with van der Waals surface area (Å²) in [5, 5.41) is 0. The van der Waals surface area contributed by atoms with Crippen molar-refractivity contribution in [3.8, 4) is 0 Å². The molecule has 1 saturated carbocycles. The fraction of sp³-hybridized carbons (Fsp3) is 1.00. The van der Waals surface area contributed by atoms with E-state index in [4.69, 9.17) is 34.4 Å². The van der Waals surface area contributed by atoms with Crippen LogP contribution in [-0.2, 0) is 23.3 Å². The zero-order chi connectivity index (χ0) is 22.4. The summed E-state index contributed by atoms with van der Waals surface area (Å²) in [5.74, 6) is 0. The van der Waals surface area contributed by atoms with Gasteiger partial charge in [-0.15, -0.1) is 0 Å². The maximum Gasteiger partial charge on any atom is 0.345 e. The predicted molar refractivity (Wildman–Crippen MR) is 123 cm³/mol. The van der Waals surface area contributed by atoms with Gasteiger partial charge in [0.1, 0.15) is 15.7 Å². The first kappa shape index (κ1) is 25.7. The molecule has 2 saturated heterocycles. The van der Waals surface area contributed by atoms with Gasteiger partial charge >= 0.3 is 7.67 Å². The Morgan fingerprint density at radius 1 is 0.935 bits per heavy atom. The highest BCUT2D eigenvalue weighted by atomic mass is 31.2. The second-order valence-electron chi connectivity index (χ2n) is 9.27. The fourth-order valence-electron chi connectivity index (χ4n) is 4.59. The summed E-state index contributed by atoms with van der Waals surface area (Å²) in [6.07, 6.45) is 7.00. The summed E-state index contributed by atoms with van der Waals surface area (Å²) in [5.41, 5.74) is 0. The Bertz CT molecular complexity index is 587. The standard InChI is InChI=1S/C20H38B2N3O5P/c1-23(2)31(26,28-15-17-10-24(3)12-19(21)29-17)25-11-18(30-20(22)13-25)14-27-16-8-6-4-5-7-9-16/h16-20H,4-15H2,1-3H3. The summed E-state index contributed by atoms with van der Waals surface area (Å²) in [6.45, 7) is 2.78. The molecule has 4 radical (unpaired) electrons. The van der Waals surface area contributed by atoms with Gasteiger partial charge in [-0.3, -0.25) is 4.57 Å². The Balaban J connectivity index is 1.57. The monoisotopic (exact) mass is 453 g/mol. The maximum atomic E-state index is 13.9. The van der Waals surface area contributed by atoms with Crippen LogP contribution in [0.1, 0.15) is 38.5 Å². The zero-order valence-electron chi connectivity index (χ0n) is 19.4. The van der Waals surface area contributed by atoms with E-state index in [2.05, 4.69) is 4.90 Å². The van der Waals surface area contributed by atoms with Crippen LogP contribution in [0.4, 0.5) is 0 Å². The minimum Gasteiger partial charge on any atom is -0.380 e. The number of hydrogen-bond donors (Lipinski definition) is 0. The van der Waals surface area contributed by atoms with E-state index in [0.29, 0.717) is 32.8 Å². The highest BCUT2D eigenvalue weighted by Gasteiger charge is 2.41. The Kier molecular flexibility index (Phi) is 9.93. The van der Waals surface area contributed by atoms with Gasteiger partial charge in [0.25, 0.3) is 0 Å². The Labute approximate surface area is 190 Å². The van der Waals surface area contributed by atoms with Crippen LogP contribution < -0.4 is 0 Å². The molecule has 0 aromatic rings. The Morgan fingerprint density at radius 3 is 2.16 bits per heavy atom. The van der Waals surface area contributed by atoms with Crippen LogP contribution in [0.2, 0.25) is 0 Å². The first-order valence-corrected chi connectivity index (χ1v) is 13.1. The average Bonchev–Trinajstić information content (AvgIpc) is 2.98. The lowest BCUT2D eigenvalue weighted by molar-refractivity contribution is -0.0911. The van der Waals surface area contributed by atoms with Crippen LogP contribution in [0.3, 0.4) is 0 Å². The second kappa shape index (κ2) is 12.0. The number of nitrogens with zero attached hydrogens (tertiary/aromatic N) is 3. The van der Waals surface area contributed by atoms with Gasteiger partial charge in [0.2, 0.25) is 0 Å². The minimum absolute atomic E-state index is 0.198. The molecule has 8 nitrogen and oxygen atoms in total. The van der Waals surface area contributed by atoms with Gasteiger partial charge in [0, 0.05) is 38.2 Å². The van der Waals surface area contributed by atoms with Crippen LogP contribution in [0.25, 0.3) is 0 Å². The number of ether oxygens (including phenoxy) is 3. The van der Waals surface area contributed by atoms with E-state index in [1.807, 2.05) is 11.7 Å². The molecule has 0 spiro atoms. The molecule has 0 amide bonds. The number of rotatable bonds is 8. The molecule has 0 N–H and O–H groups in total. The van der Waals surface area contributed by atoms with E-state index in [-0.39, 0.29) is 30.9 Å². The van der Waals surface area contributed by atoms with Crippen molar-refractivity contribution in [1.82, 2.24) is 14.2 Å². The van der Waals surface area contributed by atoms with Crippen molar-refractivity contribution in [2.24, 2.45) is 0 Å². The molecule has 0 bridgehead atoms. The van der Waals surface area contributed by atoms with Gasteiger partial charge < -0.3 is 23.6 Å². The number of likely N-dealkylation sites (N-methyl/N-ethyl adjacent to an activating group) is 1. The largest absolute Gasteiger partial charge is 0.380 e. The van der Waals surface area contributed by atoms with Crippen molar-refractivity contribution < 1.29 is 23.3 Å². The molecule has 2 heterocycles. The van der Waals surface area contributed by atoms with Crippen molar-refractivity contribution in [1.29, 1.82) is 0 Å². The molecular formula is C20H38B2N3O5P. The van der Waals surface area contributed by atoms with E-state index < -0.39 is 13.7 Å². The van der Waals surface area contributed by atoms with Gasteiger partial charge in [-0.25, -0.2) is 9.34 Å². The number of morpholine rings is 2. The van der Waals surface area contributed by atoms with E-state index >= 15 is 0 Å². The summed E-state index contributed by atoms with van der Waals surface area (Å²) in [4.78, 5) is 2.09. The topological polar surface area (TPSA) is 63.7 Å². The molecule has 3 rings (SSSR count). The Hall–Kier alpha value is 0.0799. The van der Waals surface area contributed by atoms with Gasteiger partial charge in [0.15, 0.2) is 0 Å². The first-order valence-electron chi connectivity index (χ1n) is 11.6. The van der Waals surface area contributed by atoms with Crippen LogP contribution >= 0.6 is 7.67 Å².